The van der Waals surface area contributed by atoms with Gasteiger partial charge in [0.2, 0.25) is 5.95 Å². The minimum absolute atomic E-state index is 0.150. The number of carbonyl (C=O) groups excluding carboxylic acids is 1. The SMILES string of the molecule is Cc1ccc(CNC(=O)c2cccc(-c3nc(N(C)C)ns3)c2)o1. The van der Waals surface area contributed by atoms with Crippen LogP contribution in [-0.4, -0.2) is 29.4 Å². The van der Waals surface area contributed by atoms with Gasteiger partial charge >= 0.3 is 0 Å². The Hall–Kier alpha value is -2.67. The van der Waals surface area contributed by atoms with E-state index >= 15 is 0 Å². The Bertz CT molecular complexity index is 854. The number of benzene rings is 1. The zero-order valence-electron chi connectivity index (χ0n) is 13.7. The molecule has 0 saturated heterocycles. The third kappa shape index (κ3) is 3.62. The molecule has 0 fully saturated rings. The number of aryl methyl sites for hydroxylation is 1. The number of hydrogen-bond donors (Lipinski definition) is 1. The summed E-state index contributed by atoms with van der Waals surface area (Å²) in [6.45, 7) is 2.24. The first-order valence-electron chi connectivity index (χ1n) is 7.48. The molecule has 7 heteroatoms. The number of furan rings is 1. The van der Waals surface area contributed by atoms with Crippen molar-refractivity contribution in [2.45, 2.75) is 13.5 Å². The highest BCUT2D eigenvalue weighted by Crippen LogP contribution is 2.24. The van der Waals surface area contributed by atoms with E-state index < -0.39 is 0 Å². The Morgan fingerprint density at radius 1 is 1.29 bits per heavy atom. The van der Waals surface area contributed by atoms with Gasteiger partial charge in [0.1, 0.15) is 16.5 Å². The Balaban J connectivity index is 1.73. The van der Waals surface area contributed by atoms with E-state index in [-0.39, 0.29) is 5.91 Å². The molecule has 3 aromatic rings. The second-order valence-corrected chi connectivity index (χ2v) is 6.32. The van der Waals surface area contributed by atoms with Crippen molar-refractivity contribution in [3.8, 4) is 10.6 Å². The molecular weight excluding hydrogens is 324 g/mol. The number of nitrogens with zero attached hydrogens (tertiary/aromatic N) is 3. The third-order valence-electron chi connectivity index (χ3n) is 3.41. The van der Waals surface area contributed by atoms with Crippen LogP contribution in [0, 0.1) is 6.92 Å². The van der Waals surface area contributed by atoms with Gasteiger partial charge < -0.3 is 14.6 Å². The van der Waals surface area contributed by atoms with E-state index in [0.29, 0.717) is 18.1 Å². The van der Waals surface area contributed by atoms with Gasteiger partial charge in [0, 0.05) is 25.2 Å². The first-order chi connectivity index (χ1) is 11.5. The fourth-order valence-corrected chi connectivity index (χ4v) is 2.88. The van der Waals surface area contributed by atoms with E-state index in [1.54, 1.807) is 6.07 Å². The van der Waals surface area contributed by atoms with Gasteiger partial charge in [-0.25, -0.2) is 0 Å². The molecule has 2 heterocycles. The summed E-state index contributed by atoms with van der Waals surface area (Å²) in [6.07, 6.45) is 0. The van der Waals surface area contributed by atoms with Crippen molar-refractivity contribution in [1.29, 1.82) is 0 Å². The smallest absolute Gasteiger partial charge is 0.251 e. The van der Waals surface area contributed by atoms with Crippen molar-refractivity contribution >= 4 is 23.4 Å². The summed E-state index contributed by atoms with van der Waals surface area (Å²) in [5, 5.41) is 3.64. The molecule has 6 nitrogen and oxygen atoms in total. The predicted molar refractivity (Wildman–Crippen MR) is 94.3 cm³/mol. The number of aromatic nitrogens is 2. The molecule has 2 aromatic heterocycles. The van der Waals surface area contributed by atoms with Crippen molar-refractivity contribution in [1.82, 2.24) is 14.7 Å². The van der Waals surface area contributed by atoms with Crippen molar-refractivity contribution in [3.05, 3.63) is 53.5 Å². The van der Waals surface area contributed by atoms with E-state index in [4.69, 9.17) is 4.42 Å². The molecular formula is C17H18N4O2S. The minimum atomic E-state index is -0.150. The zero-order valence-corrected chi connectivity index (χ0v) is 14.6. The number of amides is 1. The molecule has 0 aliphatic carbocycles. The van der Waals surface area contributed by atoms with E-state index in [0.717, 1.165) is 22.1 Å². The van der Waals surface area contributed by atoms with Crippen LogP contribution < -0.4 is 10.2 Å². The molecule has 3 rings (SSSR count). The zero-order chi connectivity index (χ0) is 17.1. The van der Waals surface area contributed by atoms with Gasteiger partial charge in [-0.05, 0) is 42.7 Å². The largest absolute Gasteiger partial charge is 0.465 e. The Labute approximate surface area is 144 Å². The highest BCUT2D eigenvalue weighted by Gasteiger charge is 2.11. The quantitative estimate of drug-likeness (QED) is 0.771. The molecule has 0 aliphatic heterocycles. The van der Waals surface area contributed by atoms with Crippen LogP contribution in [0.4, 0.5) is 5.95 Å². The van der Waals surface area contributed by atoms with E-state index in [1.165, 1.54) is 11.5 Å². The average Bonchev–Trinajstić information content (AvgIpc) is 3.22. The second-order valence-electron chi connectivity index (χ2n) is 5.57. The van der Waals surface area contributed by atoms with Gasteiger partial charge in [-0.2, -0.15) is 9.36 Å². The number of hydrogen-bond acceptors (Lipinski definition) is 6. The van der Waals surface area contributed by atoms with Gasteiger partial charge in [0.25, 0.3) is 5.91 Å². The molecule has 0 atom stereocenters. The summed E-state index contributed by atoms with van der Waals surface area (Å²) in [7, 11) is 3.79. The monoisotopic (exact) mass is 342 g/mol. The predicted octanol–water partition coefficient (Wildman–Crippen LogP) is 3.10. The van der Waals surface area contributed by atoms with Crippen LogP contribution in [0.25, 0.3) is 10.6 Å². The van der Waals surface area contributed by atoms with Crippen LogP contribution >= 0.6 is 11.5 Å². The fraction of sp³-hybridized carbons (Fsp3) is 0.235. The maximum atomic E-state index is 12.3. The minimum Gasteiger partial charge on any atom is -0.465 e. The molecule has 24 heavy (non-hydrogen) atoms. The van der Waals surface area contributed by atoms with Gasteiger partial charge in [0.15, 0.2) is 0 Å². The van der Waals surface area contributed by atoms with Crippen molar-refractivity contribution in [3.63, 3.8) is 0 Å². The van der Waals surface area contributed by atoms with E-state index in [9.17, 15) is 4.79 Å². The molecule has 124 valence electrons. The van der Waals surface area contributed by atoms with E-state index in [2.05, 4.69) is 14.7 Å². The van der Waals surface area contributed by atoms with Crippen LogP contribution in [0.5, 0.6) is 0 Å². The molecule has 0 bridgehead atoms. The molecule has 0 radical (unpaired) electrons. The highest BCUT2D eigenvalue weighted by atomic mass is 32.1. The lowest BCUT2D eigenvalue weighted by Gasteiger charge is -2.05. The van der Waals surface area contributed by atoms with Crippen molar-refractivity contribution in [2.75, 3.05) is 19.0 Å². The maximum absolute atomic E-state index is 12.3. The number of anilines is 1. The van der Waals surface area contributed by atoms with Crippen LogP contribution in [-0.2, 0) is 6.54 Å². The number of rotatable bonds is 5. The molecule has 1 aromatic carbocycles. The molecule has 1 N–H and O–H groups in total. The van der Waals surface area contributed by atoms with E-state index in [1.807, 2.05) is 56.3 Å². The Kier molecular flexibility index (Phi) is 4.61. The molecule has 0 unspecified atom stereocenters. The summed E-state index contributed by atoms with van der Waals surface area (Å²) >= 11 is 1.31. The third-order valence-corrected chi connectivity index (χ3v) is 4.16. The first-order valence-corrected chi connectivity index (χ1v) is 8.25. The first kappa shape index (κ1) is 16.2. The summed E-state index contributed by atoms with van der Waals surface area (Å²) in [4.78, 5) is 18.6. The summed E-state index contributed by atoms with van der Waals surface area (Å²) in [6, 6.07) is 11.1. The lowest BCUT2D eigenvalue weighted by Crippen LogP contribution is -2.22. The standard InChI is InChI=1S/C17H18N4O2S/c1-11-7-8-14(23-11)10-18-15(22)12-5-4-6-13(9-12)16-19-17(20-24-16)21(2)3/h4-9H,10H2,1-3H3,(H,18,22). The lowest BCUT2D eigenvalue weighted by molar-refractivity contribution is 0.0948. The highest BCUT2D eigenvalue weighted by molar-refractivity contribution is 7.09. The number of nitrogens with one attached hydrogen (secondary N) is 1. The Morgan fingerprint density at radius 3 is 2.79 bits per heavy atom. The maximum Gasteiger partial charge on any atom is 0.251 e. The summed E-state index contributed by atoms with van der Waals surface area (Å²) < 4.78 is 9.74. The lowest BCUT2D eigenvalue weighted by atomic mass is 10.1. The molecule has 1 amide bonds. The average molecular weight is 342 g/mol. The Morgan fingerprint density at radius 2 is 2.12 bits per heavy atom. The molecule has 0 aliphatic rings. The fourth-order valence-electron chi connectivity index (χ4n) is 2.16. The van der Waals surface area contributed by atoms with Crippen LogP contribution in [0.2, 0.25) is 0 Å². The van der Waals surface area contributed by atoms with Crippen LogP contribution in [0.3, 0.4) is 0 Å². The van der Waals surface area contributed by atoms with Gasteiger partial charge in [-0.1, -0.05) is 12.1 Å². The molecule has 0 saturated carbocycles. The summed E-state index contributed by atoms with van der Waals surface area (Å²) in [5.74, 6) is 2.08. The topological polar surface area (TPSA) is 71.3 Å². The van der Waals surface area contributed by atoms with Gasteiger partial charge in [-0.3, -0.25) is 4.79 Å². The molecule has 0 spiro atoms. The van der Waals surface area contributed by atoms with Gasteiger partial charge in [-0.15, -0.1) is 0 Å². The second kappa shape index (κ2) is 6.84. The summed E-state index contributed by atoms with van der Waals surface area (Å²) in [5.41, 5.74) is 1.46. The van der Waals surface area contributed by atoms with Crippen molar-refractivity contribution < 1.29 is 9.21 Å². The number of carbonyl (C=O) groups is 1. The van der Waals surface area contributed by atoms with Crippen LogP contribution in [0.1, 0.15) is 21.9 Å². The van der Waals surface area contributed by atoms with Crippen LogP contribution in [0.15, 0.2) is 40.8 Å². The van der Waals surface area contributed by atoms with Crippen molar-refractivity contribution in [2.24, 2.45) is 0 Å². The normalized spacial score (nSPS) is 10.6. The van der Waals surface area contributed by atoms with Gasteiger partial charge in [0.05, 0.1) is 6.54 Å².